The number of nitrogens with one attached hydrogen (secondary N) is 3. The summed E-state index contributed by atoms with van der Waals surface area (Å²) in [5.41, 5.74) is 2.83. The van der Waals surface area contributed by atoms with Crippen molar-refractivity contribution in [3.63, 3.8) is 0 Å². The smallest absolute Gasteiger partial charge is 0.329 e. The first-order valence-electron chi connectivity index (χ1n) is 11.1. The van der Waals surface area contributed by atoms with Gasteiger partial charge in [-0.2, -0.15) is 5.10 Å². The third kappa shape index (κ3) is 4.75. The van der Waals surface area contributed by atoms with E-state index in [0.717, 1.165) is 11.3 Å². The molecule has 184 valence electrons. The normalized spacial score (nSPS) is 13.5. The molecule has 11 heteroatoms. The lowest BCUT2D eigenvalue weighted by Gasteiger charge is -2.36. The first-order chi connectivity index (χ1) is 16.5. The third-order valence-electron chi connectivity index (χ3n) is 5.78. The molecule has 4 amide bonds. The zero-order valence-corrected chi connectivity index (χ0v) is 20.6. The maximum atomic E-state index is 14.8. The van der Waals surface area contributed by atoms with Crippen molar-refractivity contribution < 1.29 is 14.0 Å². The van der Waals surface area contributed by atoms with Crippen molar-refractivity contribution in [1.29, 1.82) is 0 Å². The van der Waals surface area contributed by atoms with E-state index in [1.54, 1.807) is 44.2 Å². The highest BCUT2D eigenvalue weighted by atomic mass is 19.1. The van der Waals surface area contributed by atoms with Crippen molar-refractivity contribution in [2.45, 2.75) is 39.8 Å². The van der Waals surface area contributed by atoms with E-state index in [9.17, 15) is 14.0 Å². The van der Waals surface area contributed by atoms with Crippen LogP contribution in [0.4, 0.5) is 42.5 Å². The number of amides is 4. The van der Waals surface area contributed by atoms with Gasteiger partial charge >= 0.3 is 12.1 Å². The van der Waals surface area contributed by atoms with Crippen LogP contribution in [0.1, 0.15) is 31.9 Å². The Morgan fingerprint density at radius 3 is 2.51 bits per heavy atom. The summed E-state index contributed by atoms with van der Waals surface area (Å²) in [6.07, 6.45) is 4.93. The van der Waals surface area contributed by atoms with E-state index in [4.69, 9.17) is 0 Å². The van der Waals surface area contributed by atoms with Crippen LogP contribution >= 0.6 is 0 Å². The van der Waals surface area contributed by atoms with E-state index in [2.05, 4.69) is 26.0 Å². The number of urea groups is 2. The minimum absolute atomic E-state index is 0.0452. The third-order valence-corrected chi connectivity index (χ3v) is 5.78. The van der Waals surface area contributed by atoms with Crippen LogP contribution in [-0.4, -0.2) is 40.9 Å². The number of anilines is 5. The Morgan fingerprint density at radius 2 is 1.86 bits per heavy atom. The number of hydrogen-bond acceptors (Lipinski definition) is 5. The molecule has 4 rings (SSSR count). The summed E-state index contributed by atoms with van der Waals surface area (Å²) in [7, 11) is 3.44. The maximum Gasteiger partial charge on any atom is 0.329 e. The van der Waals surface area contributed by atoms with Gasteiger partial charge < -0.3 is 16.0 Å². The van der Waals surface area contributed by atoms with Gasteiger partial charge in [-0.3, -0.25) is 14.5 Å². The van der Waals surface area contributed by atoms with Crippen molar-refractivity contribution >= 4 is 40.6 Å². The van der Waals surface area contributed by atoms with Crippen LogP contribution in [0.25, 0.3) is 0 Å². The van der Waals surface area contributed by atoms with Gasteiger partial charge in [-0.05, 0) is 45.4 Å². The number of rotatable bonds is 4. The lowest BCUT2D eigenvalue weighted by Crippen LogP contribution is -2.45. The highest BCUT2D eigenvalue weighted by Gasteiger charge is 2.31. The highest BCUT2D eigenvalue weighted by Crippen LogP contribution is 2.35. The summed E-state index contributed by atoms with van der Waals surface area (Å²) >= 11 is 0. The minimum atomic E-state index is -0.622. The zero-order valence-electron chi connectivity index (χ0n) is 20.6. The molecule has 0 spiro atoms. The second-order valence-corrected chi connectivity index (χ2v) is 9.42. The van der Waals surface area contributed by atoms with Crippen molar-refractivity contribution in [1.82, 2.24) is 14.8 Å². The standard InChI is InChI=1S/C24H29FN8O2/c1-14-7-17(25)18(30-22(34)29-16-11-28-33(13-16)24(2,3)4)8-19(14)32-12-15-10-27-21(26-5)9-20(15)31(6)23(32)35/h7-11,13H,12H2,1-6H3,(H,26,27)(H2,29,30,34). The molecule has 1 aliphatic rings. The van der Waals surface area contributed by atoms with Crippen molar-refractivity contribution in [2.24, 2.45) is 0 Å². The van der Waals surface area contributed by atoms with Crippen LogP contribution in [0.2, 0.25) is 0 Å². The number of aromatic nitrogens is 3. The van der Waals surface area contributed by atoms with Crippen LogP contribution in [0.5, 0.6) is 0 Å². The second kappa shape index (κ2) is 8.90. The molecular formula is C24H29FN8O2. The Balaban J connectivity index is 1.57. The molecule has 2 aromatic heterocycles. The van der Waals surface area contributed by atoms with E-state index in [1.165, 1.54) is 28.1 Å². The molecule has 0 fully saturated rings. The molecule has 3 aromatic rings. The van der Waals surface area contributed by atoms with Gasteiger partial charge in [-0.1, -0.05) is 0 Å². The van der Waals surface area contributed by atoms with Gasteiger partial charge in [0.1, 0.15) is 11.6 Å². The van der Waals surface area contributed by atoms with E-state index in [1.807, 2.05) is 20.8 Å². The fourth-order valence-corrected chi connectivity index (χ4v) is 3.84. The van der Waals surface area contributed by atoms with E-state index >= 15 is 0 Å². The van der Waals surface area contributed by atoms with E-state index in [-0.39, 0.29) is 23.8 Å². The molecule has 0 unspecified atom stereocenters. The minimum Gasteiger partial charge on any atom is -0.373 e. The van der Waals surface area contributed by atoms with Gasteiger partial charge in [-0.25, -0.2) is 19.0 Å². The number of fused-ring (bicyclic) bond motifs is 1. The fraction of sp³-hybridized carbons (Fsp3) is 0.333. The molecule has 0 saturated carbocycles. The summed E-state index contributed by atoms with van der Waals surface area (Å²) in [6, 6.07) is 3.68. The van der Waals surface area contributed by atoms with Crippen molar-refractivity contribution in [2.75, 3.05) is 39.8 Å². The van der Waals surface area contributed by atoms with Crippen LogP contribution in [0, 0.1) is 12.7 Å². The predicted molar refractivity (Wildman–Crippen MR) is 135 cm³/mol. The fourth-order valence-electron chi connectivity index (χ4n) is 3.84. The van der Waals surface area contributed by atoms with Gasteiger partial charge in [0.2, 0.25) is 0 Å². The van der Waals surface area contributed by atoms with Gasteiger partial charge in [0.05, 0.1) is 41.0 Å². The molecule has 1 aromatic carbocycles. The summed E-state index contributed by atoms with van der Waals surface area (Å²) in [5.74, 6) is 0.0469. The quantitative estimate of drug-likeness (QED) is 0.500. The Labute approximate surface area is 203 Å². The number of carbonyl (C=O) groups is 2. The molecule has 0 bridgehead atoms. The lowest BCUT2D eigenvalue weighted by atomic mass is 10.1. The lowest BCUT2D eigenvalue weighted by molar-refractivity contribution is 0.251. The molecular weight excluding hydrogens is 451 g/mol. The molecule has 35 heavy (non-hydrogen) atoms. The van der Waals surface area contributed by atoms with E-state index in [0.29, 0.717) is 22.8 Å². The second-order valence-electron chi connectivity index (χ2n) is 9.42. The van der Waals surface area contributed by atoms with Crippen LogP contribution in [0.3, 0.4) is 0 Å². The average Bonchev–Trinajstić information content (AvgIpc) is 3.27. The Kier molecular flexibility index (Phi) is 6.10. The molecule has 0 radical (unpaired) electrons. The van der Waals surface area contributed by atoms with Crippen LogP contribution in [-0.2, 0) is 12.1 Å². The molecule has 10 nitrogen and oxygen atoms in total. The first-order valence-corrected chi connectivity index (χ1v) is 11.1. The molecule has 0 atom stereocenters. The summed E-state index contributed by atoms with van der Waals surface area (Å²) in [5, 5.41) is 12.4. The first kappa shape index (κ1) is 24.0. The van der Waals surface area contributed by atoms with Crippen molar-refractivity contribution in [3.05, 3.63) is 53.7 Å². The molecule has 0 saturated heterocycles. The van der Waals surface area contributed by atoms with Crippen molar-refractivity contribution in [3.8, 4) is 0 Å². The largest absolute Gasteiger partial charge is 0.373 e. The summed E-state index contributed by atoms with van der Waals surface area (Å²) in [4.78, 5) is 33.2. The number of halogens is 1. The summed E-state index contributed by atoms with van der Waals surface area (Å²) < 4.78 is 16.5. The monoisotopic (exact) mass is 480 g/mol. The SMILES string of the molecule is CNc1cc2c(cn1)CN(c1cc(NC(=O)Nc3cnn(C(C)(C)C)c3)c(F)cc1C)C(=O)N2C. The number of hydrogen-bond donors (Lipinski definition) is 3. The maximum absolute atomic E-state index is 14.8. The van der Waals surface area contributed by atoms with Gasteiger partial charge in [0, 0.05) is 38.1 Å². The van der Waals surface area contributed by atoms with Crippen LogP contribution in [0.15, 0.2) is 36.8 Å². The molecule has 0 aliphatic carbocycles. The van der Waals surface area contributed by atoms with Gasteiger partial charge in [0.25, 0.3) is 0 Å². The molecule has 1 aliphatic heterocycles. The molecule has 3 N–H and O–H groups in total. The number of carbonyl (C=O) groups excluding carboxylic acids is 2. The highest BCUT2D eigenvalue weighted by molar-refractivity contribution is 6.07. The topological polar surface area (TPSA) is 107 Å². The number of aryl methyl sites for hydroxylation is 1. The number of nitrogens with zero attached hydrogens (tertiary/aromatic N) is 5. The average molecular weight is 481 g/mol. The Hall–Kier alpha value is -4.15. The number of pyridine rings is 1. The van der Waals surface area contributed by atoms with E-state index < -0.39 is 11.8 Å². The Bertz CT molecular complexity index is 1300. The number of benzene rings is 1. The summed E-state index contributed by atoms with van der Waals surface area (Å²) in [6.45, 7) is 7.94. The zero-order chi connectivity index (χ0) is 25.5. The predicted octanol–water partition coefficient (Wildman–Crippen LogP) is 4.74. The van der Waals surface area contributed by atoms with Gasteiger partial charge in [-0.15, -0.1) is 0 Å². The van der Waals surface area contributed by atoms with Crippen LogP contribution < -0.4 is 25.8 Å². The molecule has 3 heterocycles. The van der Waals surface area contributed by atoms with Gasteiger partial charge in [0.15, 0.2) is 0 Å². The Morgan fingerprint density at radius 1 is 1.11 bits per heavy atom.